The van der Waals surface area contributed by atoms with E-state index in [1.807, 2.05) is 6.07 Å². The Bertz CT molecular complexity index is 247. The summed E-state index contributed by atoms with van der Waals surface area (Å²) in [4.78, 5) is 2.38. The van der Waals surface area contributed by atoms with Crippen molar-refractivity contribution in [2.45, 2.75) is 19.1 Å². The molecule has 4 heteroatoms. The van der Waals surface area contributed by atoms with Crippen molar-refractivity contribution in [1.29, 1.82) is 0 Å². The van der Waals surface area contributed by atoms with Crippen molar-refractivity contribution in [3.8, 4) is 0 Å². The molecule has 13 heavy (non-hydrogen) atoms. The summed E-state index contributed by atoms with van der Waals surface area (Å²) in [5.74, 6) is 0. The molecule has 0 aromatic carbocycles. The van der Waals surface area contributed by atoms with Crippen molar-refractivity contribution in [2.24, 2.45) is 0 Å². The van der Waals surface area contributed by atoms with Crippen molar-refractivity contribution in [1.82, 2.24) is 15.1 Å². The van der Waals surface area contributed by atoms with Gasteiger partial charge in [0.05, 0.1) is 6.10 Å². The highest BCUT2D eigenvalue weighted by molar-refractivity contribution is 4.97. The van der Waals surface area contributed by atoms with Gasteiger partial charge in [-0.15, -0.1) is 0 Å². The Morgan fingerprint density at radius 3 is 3.31 bits per heavy atom. The summed E-state index contributed by atoms with van der Waals surface area (Å²) in [6.45, 7) is 3.12. The van der Waals surface area contributed by atoms with Crippen LogP contribution in [0.3, 0.4) is 0 Å². The van der Waals surface area contributed by atoms with E-state index in [0.717, 1.165) is 26.1 Å². The molecule has 2 rings (SSSR count). The number of hydrogen-bond donors (Lipinski definition) is 1. The highest BCUT2D eigenvalue weighted by atomic mass is 16.5. The van der Waals surface area contributed by atoms with Crippen LogP contribution in [-0.2, 0) is 11.3 Å². The molecule has 1 aliphatic rings. The Labute approximate surface area is 77.9 Å². The molecule has 2 heterocycles. The number of likely N-dealkylation sites (tertiary alicyclic amines) is 1. The number of aromatic amines is 1. The Balaban J connectivity index is 1.84. The van der Waals surface area contributed by atoms with Crippen LogP contribution in [0.4, 0.5) is 0 Å². The average molecular weight is 181 g/mol. The predicted molar refractivity (Wildman–Crippen MR) is 49.3 cm³/mol. The van der Waals surface area contributed by atoms with Gasteiger partial charge in [-0.05, 0) is 12.5 Å². The number of H-pyrrole nitrogens is 1. The molecule has 0 spiro atoms. The van der Waals surface area contributed by atoms with Gasteiger partial charge in [-0.1, -0.05) is 0 Å². The highest BCUT2D eigenvalue weighted by Gasteiger charge is 2.21. The Kier molecular flexibility index (Phi) is 2.61. The standard InChI is InChI=1S/C9H15N3O/c1-13-9-3-5-12(7-9)6-8-2-4-10-11-8/h2,4,9H,3,5-7H2,1H3,(H,10,11)/t9-/m0/s1. The van der Waals surface area contributed by atoms with E-state index in [0.29, 0.717) is 6.10 Å². The summed E-state index contributed by atoms with van der Waals surface area (Å²) in [5, 5.41) is 6.88. The Morgan fingerprint density at radius 1 is 1.77 bits per heavy atom. The van der Waals surface area contributed by atoms with Crippen LogP contribution in [0.2, 0.25) is 0 Å². The van der Waals surface area contributed by atoms with Gasteiger partial charge in [0.2, 0.25) is 0 Å². The quantitative estimate of drug-likeness (QED) is 0.743. The molecule has 0 amide bonds. The molecule has 0 radical (unpaired) electrons. The molecule has 0 aliphatic carbocycles. The normalized spacial score (nSPS) is 23.9. The Hall–Kier alpha value is -0.870. The maximum Gasteiger partial charge on any atom is 0.0710 e. The van der Waals surface area contributed by atoms with Gasteiger partial charge in [-0.25, -0.2) is 0 Å². The van der Waals surface area contributed by atoms with Crippen LogP contribution in [0, 0.1) is 0 Å². The predicted octanol–water partition coefficient (Wildman–Crippen LogP) is 0.630. The van der Waals surface area contributed by atoms with Gasteiger partial charge in [-0.3, -0.25) is 10.00 Å². The summed E-state index contributed by atoms with van der Waals surface area (Å²) in [6, 6.07) is 2.01. The Morgan fingerprint density at radius 2 is 2.69 bits per heavy atom. The van der Waals surface area contributed by atoms with E-state index < -0.39 is 0 Å². The molecule has 1 aromatic rings. The van der Waals surface area contributed by atoms with Gasteiger partial charge in [0.25, 0.3) is 0 Å². The molecular weight excluding hydrogens is 166 g/mol. The second kappa shape index (κ2) is 3.89. The zero-order chi connectivity index (χ0) is 9.10. The molecule has 1 saturated heterocycles. The highest BCUT2D eigenvalue weighted by Crippen LogP contribution is 2.13. The van der Waals surface area contributed by atoms with Crippen molar-refractivity contribution in [3.05, 3.63) is 18.0 Å². The lowest BCUT2D eigenvalue weighted by molar-refractivity contribution is 0.107. The third-order valence-electron chi connectivity index (χ3n) is 2.51. The molecule has 1 aromatic heterocycles. The molecule has 1 aliphatic heterocycles. The van der Waals surface area contributed by atoms with Crippen LogP contribution in [0.25, 0.3) is 0 Å². The SMILES string of the molecule is CO[C@H]1CCN(Cc2ccn[nH]2)C1. The van der Waals surface area contributed by atoms with Crippen molar-refractivity contribution >= 4 is 0 Å². The van der Waals surface area contributed by atoms with Gasteiger partial charge in [0, 0.05) is 38.6 Å². The van der Waals surface area contributed by atoms with Crippen LogP contribution in [0.1, 0.15) is 12.1 Å². The first-order chi connectivity index (χ1) is 6.38. The molecule has 72 valence electrons. The van der Waals surface area contributed by atoms with E-state index in [-0.39, 0.29) is 0 Å². The maximum absolute atomic E-state index is 5.29. The van der Waals surface area contributed by atoms with E-state index >= 15 is 0 Å². The minimum Gasteiger partial charge on any atom is -0.380 e. The summed E-state index contributed by atoms with van der Waals surface area (Å²) < 4.78 is 5.29. The van der Waals surface area contributed by atoms with Crippen LogP contribution < -0.4 is 0 Å². The lowest BCUT2D eigenvalue weighted by atomic mass is 10.3. The molecule has 0 bridgehead atoms. The molecule has 4 nitrogen and oxygen atoms in total. The van der Waals surface area contributed by atoms with Gasteiger partial charge < -0.3 is 4.74 Å². The molecule has 1 N–H and O–H groups in total. The summed E-state index contributed by atoms with van der Waals surface area (Å²) >= 11 is 0. The van der Waals surface area contributed by atoms with E-state index in [4.69, 9.17) is 4.74 Å². The maximum atomic E-state index is 5.29. The molecule has 1 fully saturated rings. The smallest absolute Gasteiger partial charge is 0.0710 e. The van der Waals surface area contributed by atoms with E-state index in [1.54, 1.807) is 13.3 Å². The zero-order valence-electron chi connectivity index (χ0n) is 7.86. The number of rotatable bonds is 3. The van der Waals surface area contributed by atoms with Crippen LogP contribution in [0.5, 0.6) is 0 Å². The largest absolute Gasteiger partial charge is 0.380 e. The molecule has 1 atom stereocenters. The lowest BCUT2D eigenvalue weighted by Gasteiger charge is -2.13. The van der Waals surface area contributed by atoms with Crippen molar-refractivity contribution < 1.29 is 4.74 Å². The first kappa shape index (κ1) is 8.72. The van der Waals surface area contributed by atoms with Gasteiger partial charge in [-0.2, -0.15) is 5.10 Å². The number of ether oxygens (including phenoxy) is 1. The molecule has 0 unspecified atom stereocenters. The van der Waals surface area contributed by atoms with Crippen molar-refractivity contribution in [2.75, 3.05) is 20.2 Å². The fourth-order valence-corrected chi connectivity index (χ4v) is 1.75. The monoisotopic (exact) mass is 181 g/mol. The minimum atomic E-state index is 0.419. The summed E-state index contributed by atoms with van der Waals surface area (Å²) in [5.41, 5.74) is 1.18. The van der Waals surface area contributed by atoms with Gasteiger partial charge in [0.15, 0.2) is 0 Å². The van der Waals surface area contributed by atoms with Gasteiger partial charge >= 0.3 is 0 Å². The van der Waals surface area contributed by atoms with Gasteiger partial charge in [0.1, 0.15) is 0 Å². The third kappa shape index (κ3) is 2.08. The number of methoxy groups -OCH3 is 1. The van der Waals surface area contributed by atoms with E-state index in [1.165, 1.54) is 5.69 Å². The number of nitrogens with one attached hydrogen (secondary N) is 1. The van der Waals surface area contributed by atoms with Crippen molar-refractivity contribution in [3.63, 3.8) is 0 Å². The molecule has 0 saturated carbocycles. The topological polar surface area (TPSA) is 41.1 Å². The number of hydrogen-bond acceptors (Lipinski definition) is 3. The minimum absolute atomic E-state index is 0.419. The second-order valence-electron chi connectivity index (χ2n) is 3.46. The molecular formula is C9H15N3O. The first-order valence-electron chi connectivity index (χ1n) is 4.62. The average Bonchev–Trinajstić information content (AvgIpc) is 2.76. The van der Waals surface area contributed by atoms with Crippen LogP contribution in [-0.4, -0.2) is 41.4 Å². The lowest BCUT2D eigenvalue weighted by Crippen LogP contribution is -2.22. The third-order valence-corrected chi connectivity index (χ3v) is 2.51. The number of nitrogens with zero attached hydrogens (tertiary/aromatic N) is 2. The zero-order valence-corrected chi connectivity index (χ0v) is 7.86. The summed E-state index contributed by atoms with van der Waals surface area (Å²) in [6.07, 6.45) is 3.35. The second-order valence-corrected chi connectivity index (χ2v) is 3.46. The van der Waals surface area contributed by atoms with Crippen LogP contribution in [0.15, 0.2) is 12.3 Å². The van der Waals surface area contributed by atoms with Crippen LogP contribution >= 0.6 is 0 Å². The van der Waals surface area contributed by atoms with E-state index in [9.17, 15) is 0 Å². The fourth-order valence-electron chi connectivity index (χ4n) is 1.75. The summed E-state index contributed by atoms with van der Waals surface area (Å²) in [7, 11) is 1.78. The fraction of sp³-hybridized carbons (Fsp3) is 0.667. The van der Waals surface area contributed by atoms with E-state index in [2.05, 4.69) is 15.1 Å². The number of aromatic nitrogens is 2. The first-order valence-corrected chi connectivity index (χ1v) is 4.62.